The van der Waals surface area contributed by atoms with Crippen molar-refractivity contribution in [2.45, 2.75) is 26.0 Å². The van der Waals surface area contributed by atoms with Crippen LogP contribution in [0.4, 0.5) is 11.5 Å². The molecule has 1 atom stereocenters. The number of nitrogens with zero attached hydrogens (tertiary/aromatic N) is 3. The van der Waals surface area contributed by atoms with E-state index in [-0.39, 0.29) is 11.4 Å². The first-order chi connectivity index (χ1) is 19.7. The number of morpholine rings is 1. The van der Waals surface area contributed by atoms with Crippen LogP contribution in [0.5, 0.6) is 0 Å². The third-order valence-corrected chi connectivity index (χ3v) is 8.61. The van der Waals surface area contributed by atoms with E-state index in [2.05, 4.69) is 47.8 Å². The Labute approximate surface area is 241 Å². The zero-order valence-electron chi connectivity index (χ0n) is 24.2. The number of likely N-dealkylation sites (N-methyl/N-ethyl adjacent to an activating group) is 1. The number of piperazine rings is 1. The number of nitrogens with two attached hydrogens (primary N) is 2. The van der Waals surface area contributed by atoms with Crippen LogP contribution in [-0.2, 0) is 16.1 Å². The van der Waals surface area contributed by atoms with Crippen LogP contribution in [0.1, 0.15) is 39.5 Å². The zero-order chi connectivity index (χ0) is 28.7. The standard InChI is InChI=1S/C32H40N6O3/c1-21-14-24(15-25-18-41-20-32(2)19-36(3)8-9-38(32)29(21)25)28(33)16-26-27(17-35-30(26)34)22-4-6-23(7-5-22)31(39)37-10-12-40-13-11-37/h4-7,14-17,35H,8-13,18-20,33-34H2,1-3H3/b28-16-. The lowest BCUT2D eigenvalue weighted by Crippen LogP contribution is -2.62. The SMILES string of the molecule is Cc1cc(/C(N)=C/c2c(-c3ccc(C(=O)N4CCOCC4)cc3)c[nH]c2N)cc2c1N1CCN(C)CC1(C)COC2. The highest BCUT2D eigenvalue weighted by Crippen LogP contribution is 2.39. The number of rotatable bonds is 4. The smallest absolute Gasteiger partial charge is 0.254 e. The molecule has 1 amide bonds. The van der Waals surface area contributed by atoms with E-state index in [1.807, 2.05) is 41.4 Å². The Morgan fingerprint density at radius 1 is 1.05 bits per heavy atom. The van der Waals surface area contributed by atoms with Crippen LogP contribution in [0.2, 0.25) is 0 Å². The van der Waals surface area contributed by atoms with Crippen molar-refractivity contribution < 1.29 is 14.3 Å². The highest BCUT2D eigenvalue weighted by atomic mass is 16.5. The van der Waals surface area contributed by atoms with E-state index >= 15 is 0 Å². The molecule has 9 nitrogen and oxygen atoms in total. The van der Waals surface area contributed by atoms with Crippen LogP contribution in [-0.4, -0.2) is 85.8 Å². The fraction of sp³-hybridized carbons (Fsp3) is 0.406. The molecule has 4 heterocycles. The molecule has 1 unspecified atom stereocenters. The number of carbonyl (C=O) groups is 1. The second kappa shape index (κ2) is 10.9. The number of ether oxygens (including phenoxy) is 2. The van der Waals surface area contributed by atoms with Gasteiger partial charge in [-0.1, -0.05) is 12.1 Å². The van der Waals surface area contributed by atoms with Crippen molar-refractivity contribution in [2.75, 3.05) is 70.2 Å². The van der Waals surface area contributed by atoms with E-state index in [1.54, 1.807) is 0 Å². The minimum Gasteiger partial charge on any atom is -0.398 e. The third kappa shape index (κ3) is 5.21. The third-order valence-electron chi connectivity index (χ3n) is 8.61. The second-order valence-corrected chi connectivity index (χ2v) is 11.8. The van der Waals surface area contributed by atoms with Crippen LogP contribution < -0.4 is 16.4 Å². The van der Waals surface area contributed by atoms with Crippen molar-refractivity contribution in [3.8, 4) is 11.1 Å². The summed E-state index contributed by atoms with van der Waals surface area (Å²) in [5, 5.41) is 0. The molecule has 9 heteroatoms. The van der Waals surface area contributed by atoms with Gasteiger partial charge in [-0.15, -0.1) is 0 Å². The maximum absolute atomic E-state index is 12.9. The normalized spacial score (nSPS) is 21.8. The van der Waals surface area contributed by atoms with Gasteiger partial charge in [0, 0.05) is 72.6 Å². The van der Waals surface area contributed by atoms with Crippen molar-refractivity contribution in [2.24, 2.45) is 5.73 Å². The number of aromatic nitrogens is 1. The van der Waals surface area contributed by atoms with Gasteiger partial charge in [0.05, 0.1) is 32.0 Å². The van der Waals surface area contributed by atoms with Gasteiger partial charge in [-0.05, 0) is 67.9 Å². The number of nitrogen functional groups attached to an aromatic ring is 1. The van der Waals surface area contributed by atoms with Crippen molar-refractivity contribution in [3.05, 3.63) is 70.4 Å². The summed E-state index contributed by atoms with van der Waals surface area (Å²) < 4.78 is 11.6. The number of fused-ring (bicyclic) bond motifs is 3. The van der Waals surface area contributed by atoms with Gasteiger partial charge in [-0.3, -0.25) is 4.79 Å². The number of nitrogens with one attached hydrogen (secondary N) is 1. The summed E-state index contributed by atoms with van der Waals surface area (Å²) in [6.45, 7) is 11.0. The number of amides is 1. The number of aromatic amines is 1. The molecule has 216 valence electrons. The maximum atomic E-state index is 12.9. The molecular formula is C32H40N6O3. The summed E-state index contributed by atoms with van der Waals surface area (Å²) in [6, 6.07) is 12.0. The van der Waals surface area contributed by atoms with Crippen molar-refractivity contribution >= 4 is 29.2 Å². The Kier molecular flexibility index (Phi) is 7.27. The van der Waals surface area contributed by atoms with E-state index in [9.17, 15) is 4.79 Å². The van der Waals surface area contributed by atoms with Crippen LogP contribution in [0.25, 0.3) is 22.9 Å². The predicted molar refractivity (Wildman–Crippen MR) is 164 cm³/mol. The molecule has 3 aliphatic rings. The maximum Gasteiger partial charge on any atom is 0.254 e. The largest absolute Gasteiger partial charge is 0.398 e. The summed E-state index contributed by atoms with van der Waals surface area (Å²) in [5.74, 6) is 0.566. The van der Waals surface area contributed by atoms with E-state index < -0.39 is 0 Å². The fourth-order valence-corrected chi connectivity index (χ4v) is 6.51. The van der Waals surface area contributed by atoms with Gasteiger partial charge < -0.3 is 40.6 Å². The minimum atomic E-state index is -0.0667. The highest BCUT2D eigenvalue weighted by Gasteiger charge is 2.40. The Bertz CT molecular complexity index is 1470. The first-order valence-corrected chi connectivity index (χ1v) is 14.3. The number of anilines is 2. The highest BCUT2D eigenvalue weighted by molar-refractivity contribution is 5.95. The van der Waals surface area contributed by atoms with Crippen LogP contribution >= 0.6 is 0 Å². The number of hydrogen-bond acceptors (Lipinski definition) is 7. The molecule has 6 rings (SSSR count). The molecule has 0 saturated carbocycles. The molecule has 3 aromatic rings. The topological polar surface area (TPSA) is 113 Å². The molecule has 2 aromatic carbocycles. The molecule has 3 aliphatic heterocycles. The van der Waals surface area contributed by atoms with Gasteiger partial charge >= 0.3 is 0 Å². The van der Waals surface area contributed by atoms with E-state index in [0.29, 0.717) is 56.6 Å². The van der Waals surface area contributed by atoms with E-state index in [0.717, 1.165) is 47.5 Å². The number of H-pyrrole nitrogens is 1. The Hall–Kier alpha value is -3.79. The summed E-state index contributed by atoms with van der Waals surface area (Å²) >= 11 is 0. The first kappa shape index (κ1) is 27.4. The van der Waals surface area contributed by atoms with Gasteiger partial charge in [0.1, 0.15) is 5.82 Å². The molecule has 0 radical (unpaired) electrons. The average molecular weight is 557 g/mol. The summed E-state index contributed by atoms with van der Waals surface area (Å²) in [4.78, 5) is 22.8. The van der Waals surface area contributed by atoms with Crippen LogP contribution in [0.15, 0.2) is 42.6 Å². The molecule has 2 fully saturated rings. The zero-order valence-corrected chi connectivity index (χ0v) is 24.2. The number of hydrogen-bond donors (Lipinski definition) is 3. The summed E-state index contributed by atoms with van der Waals surface area (Å²) in [5.41, 5.74) is 21.6. The van der Waals surface area contributed by atoms with Gasteiger partial charge in [-0.2, -0.15) is 0 Å². The van der Waals surface area contributed by atoms with Gasteiger partial charge in [0.25, 0.3) is 5.91 Å². The van der Waals surface area contributed by atoms with Gasteiger partial charge in [0.15, 0.2) is 0 Å². The molecule has 0 spiro atoms. The lowest BCUT2D eigenvalue weighted by atomic mass is 9.93. The predicted octanol–water partition coefficient (Wildman–Crippen LogP) is 3.54. The Morgan fingerprint density at radius 2 is 1.80 bits per heavy atom. The summed E-state index contributed by atoms with van der Waals surface area (Å²) in [7, 11) is 2.18. The molecule has 1 aromatic heterocycles. The lowest BCUT2D eigenvalue weighted by Gasteiger charge is -2.49. The van der Waals surface area contributed by atoms with E-state index in [4.69, 9.17) is 20.9 Å². The summed E-state index contributed by atoms with van der Waals surface area (Å²) in [6.07, 6.45) is 3.82. The quantitative estimate of drug-likeness (QED) is 0.451. The van der Waals surface area contributed by atoms with Crippen molar-refractivity contribution in [1.29, 1.82) is 0 Å². The molecule has 5 N–H and O–H groups in total. The first-order valence-electron chi connectivity index (χ1n) is 14.3. The van der Waals surface area contributed by atoms with E-state index in [1.165, 1.54) is 11.3 Å². The fourth-order valence-electron chi connectivity index (χ4n) is 6.51. The molecule has 0 aliphatic carbocycles. The van der Waals surface area contributed by atoms with Crippen molar-refractivity contribution in [3.63, 3.8) is 0 Å². The Balaban J connectivity index is 1.28. The van der Waals surface area contributed by atoms with Gasteiger partial charge in [0.2, 0.25) is 0 Å². The second-order valence-electron chi connectivity index (χ2n) is 11.8. The molecular weight excluding hydrogens is 516 g/mol. The molecule has 41 heavy (non-hydrogen) atoms. The van der Waals surface area contributed by atoms with Crippen LogP contribution in [0.3, 0.4) is 0 Å². The Morgan fingerprint density at radius 3 is 2.56 bits per heavy atom. The lowest BCUT2D eigenvalue weighted by molar-refractivity contribution is 0.0303. The van der Waals surface area contributed by atoms with Crippen LogP contribution in [0, 0.1) is 6.92 Å². The molecule has 2 saturated heterocycles. The molecule has 0 bridgehead atoms. The van der Waals surface area contributed by atoms with Gasteiger partial charge in [-0.25, -0.2) is 0 Å². The number of benzene rings is 2. The van der Waals surface area contributed by atoms with Crippen molar-refractivity contribution in [1.82, 2.24) is 14.8 Å². The number of carbonyl (C=O) groups excluding carboxylic acids is 1. The minimum absolute atomic E-state index is 0.0252. The monoisotopic (exact) mass is 556 g/mol. The number of aryl methyl sites for hydroxylation is 1. The average Bonchev–Trinajstić information content (AvgIpc) is 3.25.